The first-order chi connectivity index (χ1) is 12.4. The molecule has 0 unspecified atom stereocenters. The molecule has 4 rings (SSSR count). The molecule has 0 bridgehead atoms. The molecule has 0 atom stereocenters. The maximum Gasteiger partial charge on any atom is 0.0605 e. The molecule has 0 amide bonds. The van der Waals surface area contributed by atoms with Gasteiger partial charge in [0.05, 0.1) is 6.54 Å². The van der Waals surface area contributed by atoms with Crippen LogP contribution in [0.1, 0.15) is 29.5 Å². The molecule has 1 fully saturated rings. The minimum Gasteiger partial charge on any atom is -0.292 e. The van der Waals surface area contributed by atoms with Gasteiger partial charge in [-0.25, -0.2) is 0 Å². The van der Waals surface area contributed by atoms with Crippen molar-refractivity contribution in [1.29, 1.82) is 0 Å². The van der Waals surface area contributed by atoms with E-state index in [2.05, 4.69) is 83.5 Å². The molecule has 1 heterocycles. The lowest BCUT2D eigenvalue weighted by atomic mass is 10.00. The van der Waals surface area contributed by atoms with Gasteiger partial charge >= 0.3 is 0 Å². The fourth-order valence-electron chi connectivity index (χ4n) is 3.51. The minimum atomic E-state index is 0.895. The highest BCUT2D eigenvalue weighted by molar-refractivity contribution is 5.84. The Morgan fingerprint density at radius 1 is 0.760 bits per heavy atom. The number of rotatable bonds is 3. The van der Waals surface area contributed by atoms with Gasteiger partial charge in [-0.3, -0.25) is 4.90 Å². The molecule has 1 aliphatic heterocycles. The van der Waals surface area contributed by atoms with E-state index in [1.165, 1.54) is 47.8 Å². The van der Waals surface area contributed by atoms with Crippen LogP contribution in [0.15, 0.2) is 66.7 Å². The molecule has 0 aromatic heterocycles. The Kier molecular flexibility index (Phi) is 4.81. The Hall–Kier alpha value is -2.56. The second-order valence-electron chi connectivity index (χ2n) is 6.84. The molecule has 1 nitrogen and oxygen atoms in total. The second kappa shape index (κ2) is 7.55. The predicted octanol–water partition coefficient (Wildman–Crippen LogP) is 4.88. The van der Waals surface area contributed by atoms with E-state index in [1.54, 1.807) is 0 Å². The van der Waals surface area contributed by atoms with Crippen molar-refractivity contribution in [3.05, 3.63) is 83.4 Å². The van der Waals surface area contributed by atoms with Crippen LogP contribution in [0.5, 0.6) is 0 Å². The van der Waals surface area contributed by atoms with E-state index in [4.69, 9.17) is 0 Å². The van der Waals surface area contributed by atoms with Gasteiger partial charge in [-0.2, -0.15) is 0 Å². The SMILES string of the molecule is C(#Cc1ccc2ccc(Cc3ccccc3)cc2c1)CN1CCCC1. The van der Waals surface area contributed by atoms with Crippen LogP contribution in [0.25, 0.3) is 10.8 Å². The summed E-state index contributed by atoms with van der Waals surface area (Å²) in [5.41, 5.74) is 3.81. The number of nitrogens with zero attached hydrogens (tertiary/aromatic N) is 1. The third kappa shape index (κ3) is 4.10. The Balaban J connectivity index is 1.53. The van der Waals surface area contributed by atoms with Gasteiger partial charge < -0.3 is 0 Å². The molecule has 0 spiro atoms. The van der Waals surface area contributed by atoms with Crippen molar-refractivity contribution < 1.29 is 0 Å². The van der Waals surface area contributed by atoms with Gasteiger partial charge in [-0.05, 0) is 66.4 Å². The first-order valence-corrected chi connectivity index (χ1v) is 9.15. The van der Waals surface area contributed by atoms with Gasteiger partial charge in [0.15, 0.2) is 0 Å². The minimum absolute atomic E-state index is 0.895. The van der Waals surface area contributed by atoms with Gasteiger partial charge in [-0.15, -0.1) is 0 Å². The molecule has 0 saturated carbocycles. The van der Waals surface area contributed by atoms with Gasteiger partial charge in [-0.1, -0.05) is 66.4 Å². The maximum absolute atomic E-state index is 3.34. The molecule has 3 aromatic rings. The lowest BCUT2D eigenvalue weighted by molar-refractivity contribution is 0.383. The van der Waals surface area contributed by atoms with Gasteiger partial charge in [0.2, 0.25) is 0 Å². The molecule has 1 saturated heterocycles. The van der Waals surface area contributed by atoms with Gasteiger partial charge in [0.1, 0.15) is 0 Å². The van der Waals surface area contributed by atoms with Gasteiger partial charge in [0.25, 0.3) is 0 Å². The van der Waals surface area contributed by atoms with Crippen LogP contribution in [0, 0.1) is 11.8 Å². The summed E-state index contributed by atoms with van der Waals surface area (Å²) in [6.07, 6.45) is 3.62. The Morgan fingerprint density at radius 2 is 1.56 bits per heavy atom. The van der Waals surface area contributed by atoms with Crippen LogP contribution in [0.4, 0.5) is 0 Å². The smallest absolute Gasteiger partial charge is 0.0605 e. The zero-order valence-electron chi connectivity index (χ0n) is 14.5. The molecule has 124 valence electrons. The number of likely N-dealkylation sites (tertiary alicyclic amines) is 1. The van der Waals surface area contributed by atoms with E-state index in [1.807, 2.05) is 0 Å². The van der Waals surface area contributed by atoms with Crippen molar-refractivity contribution in [2.75, 3.05) is 19.6 Å². The van der Waals surface area contributed by atoms with Crippen LogP contribution < -0.4 is 0 Å². The highest BCUT2D eigenvalue weighted by Gasteiger charge is 2.08. The number of benzene rings is 3. The van der Waals surface area contributed by atoms with Crippen LogP contribution in [-0.2, 0) is 6.42 Å². The van der Waals surface area contributed by atoms with E-state index in [0.717, 1.165) is 18.5 Å². The number of hydrogen-bond acceptors (Lipinski definition) is 1. The quantitative estimate of drug-likeness (QED) is 0.621. The lowest BCUT2D eigenvalue weighted by Gasteiger charge is -2.08. The normalized spacial score (nSPS) is 14.4. The molecule has 25 heavy (non-hydrogen) atoms. The summed E-state index contributed by atoms with van der Waals surface area (Å²) in [5.74, 6) is 6.68. The maximum atomic E-state index is 3.34. The molecular weight excluding hydrogens is 302 g/mol. The fourth-order valence-corrected chi connectivity index (χ4v) is 3.51. The molecule has 1 aliphatic rings. The summed E-state index contributed by atoms with van der Waals surface area (Å²) >= 11 is 0. The zero-order chi connectivity index (χ0) is 16.9. The summed E-state index contributed by atoms with van der Waals surface area (Å²) < 4.78 is 0. The first-order valence-electron chi connectivity index (χ1n) is 9.15. The average molecular weight is 325 g/mol. The highest BCUT2D eigenvalue weighted by Crippen LogP contribution is 2.19. The van der Waals surface area contributed by atoms with E-state index in [9.17, 15) is 0 Å². The second-order valence-corrected chi connectivity index (χ2v) is 6.84. The summed E-state index contributed by atoms with van der Waals surface area (Å²) in [6.45, 7) is 3.30. The Morgan fingerprint density at radius 3 is 2.40 bits per heavy atom. The number of hydrogen-bond donors (Lipinski definition) is 0. The standard InChI is InChI=1S/C24H23N/c1-2-7-20(8-3-1)17-22-11-13-23-12-10-21(18-24(23)19-22)9-6-16-25-14-4-5-15-25/h1-3,7-8,10-13,18-19H,4-5,14-17H2. The van der Waals surface area contributed by atoms with Crippen molar-refractivity contribution in [1.82, 2.24) is 4.90 Å². The summed E-state index contributed by atoms with van der Waals surface area (Å²) in [5, 5.41) is 2.56. The lowest BCUT2D eigenvalue weighted by Crippen LogP contribution is -2.18. The monoisotopic (exact) mass is 325 g/mol. The van der Waals surface area contributed by atoms with Crippen molar-refractivity contribution >= 4 is 10.8 Å². The first kappa shape index (κ1) is 15.9. The zero-order valence-corrected chi connectivity index (χ0v) is 14.5. The van der Waals surface area contributed by atoms with E-state index >= 15 is 0 Å². The summed E-state index contributed by atoms with van der Waals surface area (Å²) in [6, 6.07) is 23.9. The Bertz CT molecular complexity index is 909. The largest absolute Gasteiger partial charge is 0.292 e. The Labute approximate surface area is 150 Å². The third-order valence-electron chi connectivity index (χ3n) is 4.89. The third-order valence-corrected chi connectivity index (χ3v) is 4.89. The van der Waals surface area contributed by atoms with E-state index in [0.29, 0.717) is 0 Å². The van der Waals surface area contributed by atoms with Crippen molar-refractivity contribution in [3.8, 4) is 11.8 Å². The molecule has 1 heteroatoms. The predicted molar refractivity (Wildman–Crippen MR) is 106 cm³/mol. The molecular formula is C24H23N. The molecule has 0 aliphatic carbocycles. The summed E-state index contributed by atoms with van der Waals surface area (Å²) in [7, 11) is 0. The fraction of sp³-hybridized carbons (Fsp3) is 0.250. The van der Waals surface area contributed by atoms with Crippen LogP contribution >= 0.6 is 0 Å². The summed E-state index contributed by atoms with van der Waals surface area (Å²) in [4.78, 5) is 2.44. The molecule has 0 N–H and O–H groups in total. The van der Waals surface area contributed by atoms with Crippen molar-refractivity contribution in [2.45, 2.75) is 19.3 Å². The van der Waals surface area contributed by atoms with Crippen LogP contribution in [0.2, 0.25) is 0 Å². The molecule has 3 aromatic carbocycles. The van der Waals surface area contributed by atoms with Crippen molar-refractivity contribution in [3.63, 3.8) is 0 Å². The van der Waals surface area contributed by atoms with Gasteiger partial charge in [0, 0.05) is 5.56 Å². The van der Waals surface area contributed by atoms with Crippen LogP contribution in [-0.4, -0.2) is 24.5 Å². The molecule has 0 radical (unpaired) electrons. The average Bonchev–Trinajstić information content (AvgIpc) is 3.16. The topological polar surface area (TPSA) is 3.24 Å². The number of fused-ring (bicyclic) bond motifs is 1. The highest BCUT2D eigenvalue weighted by atomic mass is 15.1. The van der Waals surface area contributed by atoms with Crippen LogP contribution in [0.3, 0.4) is 0 Å². The van der Waals surface area contributed by atoms with Crippen molar-refractivity contribution in [2.24, 2.45) is 0 Å². The van der Waals surface area contributed by atoms with E-state index < -0.39 is 0 Å². The van der Waals surface area contributed by atoms with E-state index in [-0.39, 0.29) is 0 Å².